The van der Waals surface area contributed by atoms with Gasteiger partial charge in [-0.15, -0.1) is 0 Å². The van der Waals surface area contributed by atoms with Crippen LogP contribution in [-0.2, 0) is 66.3 Å². The molecule has 0 aliphatic rings. The first-order valence-corrected chi connectivity index (χ1v) is 21.9. The van der Waals surface area contributed by atoms with Gasteiger partial charge in [0.25, 0.3) is 0 Å². The minimum absolute atomic E-state index is 0. The number of ether oxygens (including phenoxy) is 3. The van der Waals surface area contributed by atoms with Crippen molar-refractivity contribution in [3.63, 3.8) is 0 Å². The first kappa shape index (κ1) is 52.2. The van der Waals surface area contributed by atoms with E-state index in [1.54, 1.807) is 61.9 Å². The van der Waals surface area contributed by atoms with Gasteiger partial charge < -0.3 is 45.1 Å². The van der Waals surface area contributed by atoms with Crippen molar-refractivity contribution in [2.75, 3.05) is 6.61 Å². The summed E-state index contributed by atoms with van der Waals surface area (Å²) in [7, 11) is 0. The number of furan rings is 2. The second kappa shape index (κ2) is 24.3. The van der Waals surface area contributed by atoms with Crippen LogP contribution >= 0.6 is 0 Å². The molecule has 8 rings (SSSR count). The van der Waals surface area contributed by atoms with E-state index < -0.39 is 5.97 Å². The van der Waals surface area contributed by atoms with Crippen LogP contribution in [0.4, 0.5) is 8.78 Å². The molecule has 0 saturated carbocycles. The van der Waals surface area contributed by atoms with Gasteiger partial charge in [0.15, 0.2) is 0 Å². The number of halogens is 2. The Bertz CT molecular complexity index is 3000. The average molecular weight is 919 g/mol. The van der Waals surface area contributed by atoms with Crippen LogP contribution in [0.2, 0.25) is 0 Å². The maximum Gasteiger partial charge on any atom is 1.00 e. The number of fused-ring (bicyclic) bond motifs is 2. The molecule has 0 spiro atoms. The molecule has 348 valence electrons. The molecule has 14 heteroatoms. The third-order valence-electron chi connectivity index (χ3n) is 11.2. The Labute approximate surface area is 405 Å². The number of esters is 1. The standard InChI is InChI=1S/C28H28FNO4.C26H24FNO4.Li.H2O/c1-3-18-8-9-20(15-26(31)32-4-2)25(14-18)34-17-19-12-21-10-11-33-28(21)24(13-19)23-7-5-6-22(16-30)27(23)29;1-2-16-6-7-18(13-24(29)30)23(12-16)32-15-17-10-19-8-9-31-26(19)22(11-17)21-5-3-4-20(14-28)25(21)27;;/h5-14H,3-4,15-17,30H2,1-2H3;3-12H,2,13-15,28H2,1H3,(H,29,30);;1H2/q;;+1;/p-1. The van der Waals surface area contributed by atoms with Gasteiger partial charge in [-0.05, 0) is 90.6 Å². The van der Waals surface area contributed by atoms with E-state index in [2.05, 4.69) is 6.92 Å². The van der Waals surface area contributed by atoms with Crippen LogP contribution in [0.25, 0.3) is 44.2 Å². The third-order valence-corrected chi connectivity index (χ3v) is 11.2. The number of benzene rings is 6. The first-order valence-electron chi connectivity index (χ1n) is 21.9. The number of carboxylic acids is 1. The van der Waals surface area contributed by atoms with Gasteiger partial charge in [-0.1, -0.05) is 74.5 Å². The minimum atomic E-state index is -0.920. The number of aryl methyl sites for hydroxylation is 2. The van der Waals surface area contributed by atoms with Crippen molar-refractivity contribution in [2.24, 2.45) is 11.5 Å². The van der Waals surface area contributed by atoms with E-state index in [0.717, 1.165) is 51.4 Å². The summed E-state index contributed by atoms with van der Waals surface area (Å²) in [5.41, 5.74) is 20.8. The molecular formula is C54H53F2LiN2O9. The number of carbonyl (C=O) groups excluding carboxylic acids is 1. The summed E-state index contributed by atoms with van der Waals surface area (Å²) in [6.07, 6.45) is 4.83. The van der Waals surface area contributed by atoms with Gasteiger partial charge in [-0.25, -0.2) is 8.78 Å². The predicted octanol–water partition coefficient (Wildman–Crippen LogP) is 8.24. The number of carbonyl (C=O) groups is 2. The summed E-state index contributed by atoms with van der Waals surface area (Å²) in [6, 6.07) is 33.0. The third kappa shape index (κ3) is 12.2. The van der Waals surface area contributed by atoms with Gasteiger partial charge in [0, 0.05) is 68.4 Å². The Kier molecular flexibility index (Phi) is 18.7. The second-order valence-electron chi connectivity index (χ2n) is 15.7. The Morgan fingerprint density at radius 2 is 1.03 bits per heavy atom. The zero-order valence-corrected chi connectivity index (χ0v) is 38.6. The topological polar surface area (TPSA) is 190 Å². The van der Waals surface area contributed by atoms with Gasteiger partial charge in [-0.2, -0.15) is 0 Å². The van der Waals surface area contributed by atoms with Crippen LogP contribution in [0.5, 0.6) is 11.5 Å². The van der Waals surface area contributed by atoms with Gasteiger partial charge in [0.2, 0.25) is 0 Å². The maximum atomic E-state index is 15.1. The van der Waals surface area contributed by atoms with Crippen LogP contribution in [-0.4, -0.2) is 29.1 Å². The van der Waals surface area contributed by atoms with Crippen LogP contribution in [0.1, 0.15) is 65.3 Å². The molecule has 6 aromatic carbocycles. The van der Waals surface area contributed by atoms with E-state index in [9.17, 15) is 14.7 Å². The maximum absolute atomic E-state index is 15.1. The SMILES string of the molecule is CCOC(=O)Cc1ccc(CC)cc1OCc1cc(-c2cccc(CN)c2F)c2occc2c1.CCc1ccc(CC(=O)O)c(OCc2cc(-c3cccc(CN)c3F)c3occc3c2)c1.[Li+].[OH-]. The number of nitrogens with two attached hydrogens (primary N) is 2. The van der Waals surface area contributed by atoms with Crippen LogP contribution in [0.15, 0.2) is 131 Å². The van der Waals surface area contributed by atoms with Crippen molar-refractivity contribution in [3.05, 3.63) is 178 Å². The summed E-state index contributed by atoms with van der Waals surface area (Å²) in [6.45, 7) is 6.86. The molecule has 2 aromatic heterocycles. The van der Waals surface area contributed by atoms with Crippen molar-refractivity contribution in [3.8, 4) is 33.8 Å². The Balaban J connectivity index is 0.000000247. The zero-order valence-electron chi connectivity index (χ0n) is 38.6. The molecule has 0 aliphatic heterocycles. The fourth-order valence-corrected chi connectivity index (χ4v) is 7.80. The molecule has 0 fully saturated rings. The summed E-state index contributed by atoms with van der Waals surface area (Å²) in [5, 5.41) is 10.9. The number of carboxylic acid groups (broad SMARTS) is 1. The molecule has 0 saturated heterocycles. The van der Waals surface area contributed by atoms with Gasteiger partial charge in [0.1, 0.15) is 47.5 Å². The molecule has 0 atom stereocenters. The summed E-state index contributed by atoms with van der Waals surface area (Å²) < 4.78 is 58.8. The van der Waals surface area contributed by atoms with E-state index in [0.29, 0.717) is 68.2 Å². The van der Waals surface area contributed by atoms with Crippen molar-refractivity contribution in [1.29, 1.82) is 0 Å². The molecule has 0 aliphatic carbocycles. The summed E-state index contributed by atoms with van der Waals surface area (Å²) in [4.78, 5) is 23.3. The van der Waals surface area contributed by atoms with Gasteiger partial charge in [-0.3, -0.25) is 9.59 Å². The molecule has 6 N–H and O–H groups in total. The molecule has 0 radical (unpaired) electrons. The molecule has 2 heterocycles. The van der Waals surface area contributed by atoms with E-state index in [1.807, 2.05) is 73.7 Å². The first-order chi connectivity index (χ1) is 32.0. The molecule has 0 unspecified atom stereocenters. The molecule has 68 heavy (non-hydrogen) atoms. The second-order valence-corrected chi connectivity index (χ2v) is 15.7. The largest absolute Gasteiger partial charge is 1.00 e. The minimum Gasteiger partial charge on any atom is -0.870 e. The zero-order chi connectivity index (χ0) is 46.7. The molecule has 0 bridgehead atoms. The normalized spacial score (nSPS) is 10.8. The van der Waals surface area contributed by atoms with E-state index in [1.165, 1.54) is 0 Å². The monoisotopic (exact) mass is 918 g/mol. The smallest absolute Gasteiger partial charge is 0.870 e. The van der Waals surface area contributed by atoms with Gasteiger partial charge >= 0.3 is 30.8 Å². The van der Waals surface area contributed by atoms with Crippen LogP contribution in [0, 0.1) is 11.6 Å². The quantitative estimate of drug-likeness (QED) is 0.0589. The van der Waals surface area contributed by atoms with Gasteiger partial charge in [0.05, 0.1) is 32.0 Å². The van der Waals surface area contributed by atoms with Crippen LogP contribution in [0.3, 0.4) is 0 Å². The molecule has 11 nitrogen and oxygen atoms in total. The fourth-order valence-electron chi connectivity index (χ4n) is 7.80. The number of rotatable bonds is 17. The van der Waals surface area contributed by atoms with E-state index in [4.69, 9.17) is 34.5 Å². The van der Waals surface area contributed by atoms with Crippen molar-refractivity contribution in [1.82, 2.24) is 0 Å². The number of hydrogen-bond acceptors (Lipinski definition) is 10. The molecule has 8 aromatic rings. The fraction of sp³-hybridized carbons (Fsp3) is 0.222. The Morgan fingerprint density at radius 3 is 1.44 bits per heavy atom. The number of hydrogen-bond donors (Lipinski definition) is 3. The summed E-state index contributed by atoms with van der Waals surface area (Å²) >= 11 is 0. The summed E-state index contributed by atoms with van der Waals surface area (Å²) in [5.74, 6) is -0.766. The van der Waals surface area contributed by atoms with Crippen LogP contribution < -0.4 is 39.8 Å². The van der Waals surface area contributed by atoms with Crippen molar-refractivity contribution >= 4 is 33.9 Å². The Hall–Kier alpha value is -6.72. The average Bonchev–Trinajstić information content (AvgIpc) is 4.01. The van der Waals surface area contributed by atoms with E-state index >= 15 is 8.78 Å². The van der Waals surface area contributed by atoms with E-state index in [-0.39, 0.29) is 81.1 Å². The predicted molar refractivity (Wildman–Crippen MR) is 253 cm³/mol. The van der Waals surface area contributed by atoms with Crippen molar-refractivity contribution < 1.29 is 70.9 Å². The molecular weight excluding hydrogens is 866 g/mol. The number of aliphatic carboxylic acids is 1. The van der Waals surface area contributed by atoms with Crippen molar-refractivity contribution in [2.45, 2.75) is 72.8 Å². The Morgan fingerprint density at radius 1 is 0.574 bits per heavy atom. The molecule has 0 amide bonds.